The quantitative estimate of drug-likeness (QED) is 0.839. The second kappa shape index (κ2) is 7.66. The lowest BCUT2D eigenvalue weighted by Gasteiger charge is -2.32. The molecule has 1 aliphatic rings. The average molecular weight is 391 g/mol. The summed E-state index contributed by atoms with van der Waals surface area (Å²) in [5, 5.41) is 3.27. The van der Waals surface area contributed by atoms with Gasteiger partial charge >= 0.3 is 0 Å². The van der Waals surface area contributed by atoms with E-state index in [9.17, 15) is 17.6 Å². The minimum absolute atomic E-state index is 0.0561. The van der Waals surface area contributed by atoms with Crippen molar-refractivity contribution in [2.45, 2.75) is 24.8 Å². The molecule has 3 rings (SSSR count). The summed E-state index contributed by atoms with van der Waals surface area (Å²) in [4.78, 5) is 14.5. The van der Waals surface area contributed by atoms with Gasteiger partial charge in [0.1, 0.15) is 5.82 Å². The van der Waals surface area contributed by atoms with Crippen LogP contribution < -0.4 is 10.0 Å². The third kappa shape index (κ3) is 4.28. The number of nitrogens with one attached hydrogen (secondary N) is 2. The van der Waals surface area contributed by atoms with Crippen LogP contribution in [0.2, 0.25) is 0 Å². The highest BCUT2D eigenvalue weighted by Crippen LogP contribution is 2.23. The molecule has 0 saturated carbocycles. The zero-order valence-electron chi connectivity index (χ0n) is 15.2. The van der Waals surface area contributed by atoms with Crippen molar-refractivity contribution in [1.29, 1.82) is 0 Å². The molecule has 2 N–H and O–H groups in total. The highest BCUT2D eigenvalue weighted by atomic mass is 32.2. The van der Waals surface area contributed by atoms with Crippen LogP contribution in [0.1, 0.15) is 22.8 Å². The van der Waals surface area contributed by atoms with Crippen LogP contribution in [0.25, 0.3) is 0 Å². The molecule has 27 heavy (non-hydrogen) atoms. The molecule has 1 amide bonds. The van der Waals surface area contributed by atoms with Gasteiger partial charge in [0.25, 0.3) is 15.9 Å². The van der Waals surface area contributed by atoms with E-state index in [1.165, 1.54) is 19.1 Å². The third-order valence-corrected chi connectivity index (χ3v) is 5.86. The summed E-state index contributed by atoms with van der Waals surface area (Å²) in [7, 11) is -3.95. The van der Waals surface area contributed by atoms with Crippen molar-refractivity contribution in [3.05, 3.63) is 59.4 Å². The fraction of sp³-hybridized carbons (Fsp3) is 0.316. The molecule has 2 aromatic carbocycles. The average Bonchev–Trinajstić information content (AvgIpc) is 2.63. The number of hydrogen-bond donors (Lipinski definition) is 2. The first-order valence-corrected chi connectivity index (χ1v) is 10.2. The monoisotopic (exact) mass is 391 g/mol. The molecule has 1 heterocycles. The van der Waals surface area contributed by atoms with Crippen LogP contribution >= 0.6 is 0 Å². The van der Waals surface area contributed by atoms with Gasteiger partial charge in [0.2, 0.25) is 0 Å². The Bertz CT molecular complexity index is 962. The molecule has 0 aromatic heterocycles. The zero-order chi connectivity index (χ0) is 19.6. The number of rotatable bonds is 4. The molecular weight excluding hydrogens is 369 g/mol. The van der Waals surface area contributed by atoms with E-state index in [2.05, 4.69) is 10.0 Å². The van der Waals surface area contributed by atoms with Crippen LogP contribution in [0.5, 0.6) is 0 Å². The van der Waals surface area contributed by atoms with Crippen LogP contribution in [0.4, 0.5) is 10.1 Å². The molecular formula is C19H22FN3O3S. The second-order valence-electron chi connectivity index (χ2n) is 6.67. The predicted molar refractivity (Wildman–Crippen MR) is 102 cm³/mol. The lowest BCUT2D eigenvalue weighted by molar-refractivity contribution is 0.0710. The van der Waals surface area contributed by atoms with Crippen molar-refractivity contribution in [2.24, 2.45) is 0 Å². The number of hydrogen-bond acceptors (Lipinski definition) is 4. The maximum absolute atomic E-state index is 13.5. The summed E-state index contributed by atoms with van der Waals surface area (Å²) in [5.41, 5.74) is 0.724. The van der Waals surface area contributed by atoms with Crippen LogP contribution in [-0.4, -0.2) is 44.9 Å². The smallest absolute Gasteiger partial charge is 0.261 e. The molecule has 0 spiro atoms. The fourth-order valence-corrected chi connectivity index (χ4v) is 4.20. The molecule has 8 heteroatoms. The van der Waals surface area contributed by atoms with Crippen molar-refractivity contribution >= 4 is 21.6 Å². The van der Waals surface area contributed by atoms with Crippen molar-refractivity contribution in [2.75, 3.05) is 24.4 Å². The van der Waals surface area contributed by atoms with E-state index in [0.29, 0.717) is 19.6 Å². The first kappa shape index (κ1) is 19.3. The fourth-order valence-electron chi connectivity index (χ4n) is 3.03. The summed E-state index contributed by atoms with van der Waals surface area (Å²) in [6.45, 7) is 5.29. The largest absolute Gasteiger partial charge is 0.336 e. The number of carbonyl (C=O) groups excluding carboxylic acids is 1. The highest BCUT2D eigenvalue weighted by molar-refractivity contribution is 7.92. The first-order chi connectivity index (χ1) is 12.8. The number of carbonyl (C=O) groups is 1. The Balaban J connectivity index is 1.89. The summed E-state index contributed by atoms with van der Waals surface area (Å²) in [6, 6.07) is 10.3. The van der Waals surface area contributed by atoms with Gasteiger partial charge in [-0.05, 0) is 49.7 Å². The van der Waals surface area contributed by atoms with Gasteiger partial charge in [0.05, 0.1) is 16.1 Å². The lowest BCUT2D eigenvalue weighted by atomic mass is 10.1. The van der Waals surface area contributed by atoms with E-state index >= 15 is 0 Å². The Morgan fingerprint density at radius 2 is 2.00 bits per heavy atom. The molecule has 2 aromatic rings. The van der Waals surface area contributed by atoms with Crippen molar-refractivity contribution in [1.82, 2.24) is 10.2 Å². The Hall–Kier alpha value is -2.45. The summed E-state index contributed by atoms with van der Waals surface area (Å²) in [6.07, 6.45) is 0. The number of aryl methyl sites for hydroxylation is 1. The molecule has 1 saturated heterocycles. The molecule has 1 unspecified atom stereocenters. The van der Waals surface area contributed by atoms with Gasteiger partial charge in [0.15, 0.2) is 0 Å². The molecule has 1 fully saturated rings. The summed E-state index contributed by atoms with van der Waals surface area (Å²) in [5.74, 6) is -0.700. The minimum Gasteiger partial charge on any atom is -0.336 e. The maximum Gasteiger partial charge on any atom is 0.261 e. The Kier molecular flexibility index (Phi) is 5.48. The highest BCUT2D eigenvalue weighted by Gasteiger charge is 2.25. The zero-order valence-corrected chi connectivity index (χ0v) is 16.0. The number of para-hydroxylation sites is 1. The number of nitrogens with zero attached hydrogens (tertiary/aromatic N) is 1. The third-order valence-electron chi connectivity index (χ3n) is 4.50. The van der Waals surface area contributed by atoms with E-state index in [0.717, 1.165) is 6.07 Å². The first-order valence-electron chi connectivity index (χ1n) is 8.68. The summed E-state index contributed by atoms with van der Waals surface area (Å²) >= 11 is 0. The van der Waals surface area contributed by atoms with Gasteiger partial charge in [-0.15, -0.1) is 0 Å². The van der Waals surface area contributed by atoms with E-state index in [1.807, 2.05) is 6.92 Å². The standard InChI is InChI=1S/C19H22FN3O3S/c1-13-11-15(7-8-17(13)20)27(25,26)22-18-6-4-3-5-16(18)19(24)23-10-9-21-14(2)12-23/h3-8,11,14,21-22H,9-10,12H2,1-2H3. The minimum atomic E-state index is -3.95. The van der Waals surface area contributed by atoms with Crippen LogP contribution in [0, 0.1) is 12.7 Å². The van der Waals surface area contributed by atoms with E-state index in [4.69, 9.17) is 0 Å². The molecule has 6 nitrogen and oxygen atoms in total. The molecule has 0 aliphatic carbocycles. The van der Waals surface area contributed by atoms with Crippen molar-refractivity contribution in [3.8, 4) is 0 Å². The Morgan fingerprint density at radius 3 is 2.70 bits per heavy atom. The van der Waals surface area contributed by atoms with E-state index in [1.54, 1.807) is 29.2 Å². The van der Waals surface area contributed by atoms with Crippen LogP contribution in [0.3, 0.4) is 0 Å². The number of halogens is 1. The number of piperazine rings is 1. The number of anilines is 1. The lowest BCUT2D eigenvalue weighted by Crippen LogP contribution is -2.51. The Labute approximate surface area is 158 Å². The SMILES string of the molecule is Cc1cc(S(=O)(=O)Nc2ccccc2C(=O)N2CCNC(C)C2)ccc1F. The molecule has 0 bridgehead atoms. The van der Waals surface area contributed by atoms with Gasteiger partial charge in [-0.3, -0.25) is 9.52 Å². The van der Waals surface area contributed by atoms with Gasteiger partial charge in [-0.1, -0.05) is 12.1 Å². The molecule has 144 valence electrons. The van der Waals surface area contributed by atoms with Gasteiger partial charge in [-0.25, -0.2) is 12.8 Å². The molecule has 0 radical (unpaired) electrons. The van der Waals surface area contributed by atoms with Gasteiger partial charge in [-0.2, -0.15) is 0 Å². The van der Waals surface area contributed by atoms with Crippen LogP contribution in [0.15, 0.2) is 47.4 Å². The van der Waals surface area contributed by atoms with Crippen molar-refractivity contribution < 1.29 is 17.6 Å². The second-order valence-corrected chi connectivity index (χ2v) is 8.35. The van der Waals surface area contributed by atoms with Gasteiger partial charge < -0.3 is 10.2 Å². The maximum atomic E-state index is 13.5. The van der Waals surface area contributed by atoms with Crippen LogP contribution in [-0.2, 0) is 10.0 Å². The number of amides is 1. The predicted octanol–water partition coefficient (Wildman–Crippen LogP) is 2.37. The summed E-state index contributed by atoms with van der Waals surface area (Å²) < 4.78 is 41.3. The number of sulfonamides is 1. The van der Waals surface area contributed by atoms with E-state index in [-0.39, 0.29) is 33.7 Å². The topological polar surface area (TPSA) is 78.5 Å². The Morgan fingerprint density at radius 1 is 1.26 bits per heavy atom. The molecule has 1 atom stereocenters. The molecule has 1 aliphatic heterocycles. The van der Waals surface area contributed by atoms with Gasteiger partial charge in [0, 0.05) is 25.7 Å². The normalized spacial score (nSPS) is 17.6. The van der Waals surface area contributed by atoms with Crippen molar-refractivity contribution in [3.63, 3.8) is 0 Å². The number of benzene rings is 2. The van der Waals surface area contributed by atoms with E-state index < -0.39 is 15.8 Å².